The smallest absolute Gasteiger partial charge is 0.246 e. The Balaban J connectivity index is 1.56. The van der Waals surface area contributed by atoms with Gasteiger partial charge in [-0.3, -0.25) is 9.88 Å². The SMILES string of the molecule is Fc1cncc(CN2CCOC[C@H]2c2nc(-c3ccccc3)no2)c1. The number of hydrogen-bond donors (Lipinski definition) is 0. The Bertz CT molecular complexity index is 840. The van der Waals surface area contributed by atoms with E-state index in [4.69, 9.17) is 9.26 Å². The van der Waals surface area contributed by atoms with Crippen LogP contribution in [-0.4, -0.2) is 39.8 Å². The van der Waals surface area contributed by atoms with Crippen molar-refractivity contribution in [2.24, 2.45) is 0 Å². The van der Waals surface area contributed by atoms with Gasteiger partial charge in [-0.05, 0) is 11.6 Å². The van der Waals surface area contributed by atoms with Crippen LogP contribution < -0.4 is 0 Å². The van der Waals surface area contributed by atoms with Crippen LogP contribution in [0.25, 0.3) is 11.4 Å². The highest BCUT2D eigenvalue weighted by Crippen LogP contribution is 2.26. The zero-order chi connectivity index (χ0) is 17.1. The van der Waals surface area contributed by atoms with Crippen molar-refractivity contribution in [3.63, 3.8) is 0 Å². The molecule has 3 aromatic rings. The Kier molecular flexibility index (Phi) is 4.49. The van der Waals surface area contributed by atoms with Crippen LogP contribution in [-0.2, 0) is 11.3 Å². The lowest BCUT2D eigenvalue weighted by Crippen LogP contribution is -2.39. The third-order valence-electron chi connectivity index (χ3n) is 4.15. The molecule has 1 atom stereocenters. The molecule has 3 heterocycles. The molecular weight excluding hydrogens is 323 g/mol. The Morgan fingerprint density at radius 1 is 1.20 bits per heavy atom. The summed E-state index contributed by atoms with van der Waals surface area (Å²) in [7, 11) is 0. The van der Waals surface area contributed by atoms with E-state index in [1.807, 2.05) is 30.3 Å². The van der Waals surface area contributed by atoms with Crippen molar-refractivity contribution < 1.29 is 13.7 Å². The van der Waals surface area contributed by atoms with E-state index in [9.17, 15) is 4.39 Å². The Morgan fingerprint density at radius 2 is 2.08 bits per heavy atom. The zero-order valence-electron chi connectivity index (χ0n) is 13.5. The first-order valence-electron chi connectivity index (χ1n) is 8.10. The number of ether oxygens (including phenoxy) is 1. The van der Waals surface area contributed by atoms with E-state index in [1.165, 1.54) is 12.3 Å². The lowest BCUT2D eigenvalue weighted by atomic mass is 10.1. The number of nitrogens with zero attached hydrogens (tertiary/aromatic N) is 4. The van der Waals surface area contributed by atoms with Gasteiger partial charge < -0.3 is 9.26 Å². The van der Waals surface area contributed by atoms with Gasteiger partial charge in [-0.25, -0.2) is 4.39 Å². The van der Waals surface area contributed by atoms with Crippen LogP contribution in [0.1, 0.15) is 17.5 Å². The molecule has 0 radical (unpaired) electrons. The molecule has 128 valence electrons. The summed E-state index contributed by atoms with van der Waals surface area (Å²) >= 11 is 0. The molecule has 25 heavy (non-hydrogen) atoms. The van der Waals surface area contributed by atoms with Gasteiger partial charge in [0.25, 0.3) is 0 Å². The maximum atomic E-state index is 13.4. The summed E-state index contributed by atoms with van der Waals surface area (Å²) in [4.78, 5) is 10.6. The standard InChI is InChI=1S/C18H17FN4O2/c19-15-8-13(9-20-10-15)11-23-6-7-24-12-16(23)18-21-17(22-25-18)14-4-2-1-3-5-14/h1-5,8-10,16H,6-7,11-12H2/t16-/m0/s1. The summed E-state index contributed by atoms with van der Waals surface area (Å²) in [5.74, 6) is 0.711. The van der Waals surface area contributed by atoms with Crippen LogP contribution in [0.3, 0.4) is 0 Å². The summed E-state index contributed by atoms with van der Waals surface area (Å²) < 4.78 is 24.4. The van der Waals surface area contributed by atoms with Crippen LogP contribution in [0, 0.1) is 5.82 Å². The molecular formula is C18H17FN4O2. The molecule has 0 aliphatic carbocycles. The van der Waals surface area contributed by atoms with E-state index in [2.05, 4.69) is 20.0 Å². The number of rotatable bonds is 4. The quantitative estimate of drug-likeness (QED) is 0.728. The van der Waals surface area contributed by atoms with Gasteiger partial charge in [0.2, 0.25) is 11.7 Å². The summed E-state index contributed by atoms with van der Waals surface area (Å²) in [5, 5.41) is 4.08. The first-order chi connectivity index (χ1) is 12.3. The molecule has 1 aliphatic rings. The molecule has 1 fully saturated rings. The normalized spacial score (nSPS) is 18.4. The lowest BCUT2D eigenvalue weighted by molar-refractivity contribution is -0.0241. The maximum Gasteiger partial charge on any atom is 0.246 e. The summed E-state index contributed by atoms with van der Waals surface area (Å²) in [6, 6.07) is 11.0. The van der Waals surface area contributed by atoms with Gasteiger partial charge in [0.05, 0.1) is 19.4 Å². The van der Waals surface area contributed by atoms with Gasteiger partial charge in [0.15, 0.2) is 0 Å². The van der Waals surface area contributed by atoms with E-state index in [0.717, 1.165) is 11.1 Å². The van der Waals surface area contributed by atoms with Crippen LogP contribution in [0.15, 0.2) is 53.3 Å². The summed E-state index contributed by atoms with van der Waals surface area (Å²) in [6.45, 7) is 2.31. The van der Waals surface area contributed by atoms with Crippen molar-refractivity contribution in [3.05, 3.63) is 66.1 Å². The maximum absolute atomic E-state index is 13.4. The minimum absolute atomic E-state index is 0.165. The minimum atomic E-state index is -0.341. The lowest BCUT2D eigenvalue weighted by Gasteiger charge is -2.33. The topological polar surface area (TPSA) is 64.3 Å². The van der Waals surface area contributed by atoms with Crippen molar-refractivity contribution in [1.82, 2.24) is 20.0 Å². The molecule has 0 bridgehead atoms. The van der Waals surface area contributed by atoms with Crippen molar-refractivity contribution in [1.29, 1.82) is 0 Å². The molecule has 0 saturated carbocycles. The van der Waals surface area contributed by atoms with Gasteiger partial charge in [-0.15, -0.1) is 0 Å². The van der Waals surface area contributed by atoms with E-state index in [1.54, 1.807) is 6.20 Å². The average molecular weight is 340 g/mol. The summed E-state index contributed by atoms with van der Waals surface area (Å²) in [5.41, 5.74) is 1.70. The highest BCUT2D eigenvalue weighted by molar-refractivity contribution is 5.53. The van der Waals surface area contributed by atoms with Crippen LogP contribution in [0.2, 0.25) is 0 Å². The molecule has 0 N–H and O–H groups in total. The average Bonchev–Trinajstić information content (AvgIpc) is 3.13. The fraction of sp³-hybridized carbons (Fsp3) is 0.278. The van der Waals surface area contributed by atoms with E-state index >= 15 is 0 Å². The number of hydrogen-bond acceptors (Lipinski definition) is 6. The van der Waals surface area contributed by atoms with Crippen LogP contribution in [0.4, 0.5) is 4.39 Å². The molecule has 7 heteroatoms. The highest BCUT2D eigenvalue weighted by Gasteiger charge is 2.29. The molecule has 0 spiro atoms. The van der Waals surface area contributed by atoms with Gasteiger partial charge in [0.1, 0.15) is 11.9 Å². The molecule has 1 aromatic carbocycles. The van der Waals surface area contributed by atoms with Crippen molar-refractivity contribution >= 4 is 0 Å². The van der Waals surface area contributed by atoms with E-state index < -0.39 is 0 Å². The third kappa shape index (κ3) is 3.57. The first kappa shape index (κ1) is 15.9. The fourth-order valence-electron chi connectivity index (χ4n) is 2.91. The Hall–Kier alpha value is -2.64. The third-order valence-corrected chi connectivity index (χ3v) is 4.15. The predicted octanol–water partition coefficient (Wildman–Crippen LogP) is 2.84. The number of morpholine rings is 1. The molecule has 4 rings (SSSR count). The zero-order valence-corrected chi connectivity index (χ0v) is 13.5. The number of benzene rings is 1. The molecule has 0 unspecified atom stereocenters. The molecule has 2 aromatic heterocycles. The molecule has 1 saturated heterocycles. The monoisotopic (exact) mass is 340 g/mol. The van der Waals surface area contributed by atoms with Crippen LogP contribution in [0.5, 0.6) is 0 Å². The second-order valence-corrected chi connectivity index (χ2v) is 5.89. The predicted molar refractivity (Wildman–Crippen MR) is 87.9 cm³/mol. The van der Waals surface area contributed by atoms with Crippen LogP contribution >= 0.6 is 0 Å². The molecule has 0 amide bonds. The summed E-state index contributed by atoms with van der Waals surface area (Å²) in [6.07, 6.45) is 2.86. The van der Waals surface area contributed by atoms with Gasteiger partial charge >= 0.3 is 0 Å². The minimum Gasteiger partial charge on any atom is -0.378 e. The van der Waals surface area contributed by atoms with Crippen molar-refractivity contribution in [3.8, 4) is 11.4 Å². The number of aromatic nitrogens is 3. The second kappa shape index (κ2) is 7.08. The second-order valence-electron chi connectivity index (χ2n) is 5.89. The van der Waals surface area contributed by atoms with Gasteiger partial charge in [-0.1, -0.05) is 35.5 Å². The van der Waals surface area contributed by atoms with Crippen molar-refractivity contribution in [2.45, 2.75) is 12.6 Å². The Labute approximate surface area is 144 Å². The number of pyridine rings is 1. The van der Waals surface area contributed by atoms with Crippen molar-refractivity contribution in [2.75, 3.05) is 19.8 Å². The number of halogens is 1. The highest BCUT2D eigenvalue weighted by atomic mass is 19.1. The fourth-order valence-corrected chi connectivity index (χ4v) is 2.91. The largest absolute Gasteiger partial charge is 0.378 e. The molecule has 1 aliphatic heterocycles. The Morgan fingerprint density at radius 3 is 2.92 bits per heavy atom. The molecule has 6 nitrogen and oxygen atoms in total. The van der Waals surface area contributed by atoms with E-state index in [0.29, 0.717) is 38.0 Å². The van der Waals surface area contributed by atoms with Gasteiger partial charge in [0, 0.05) is 24.8 Å². The van der Waals surface area contributed by atoms with E-state index in [-0.39, 0.29) is 11.9 Å². The van der Waals surface area contributed by atoms with Gasteiger partial charge in [-0.2, -0.15) is 4.98 Å². The first-order valence-corrected chi connectivity index (χ1v) is 8.10.